The molecule has 0 bridgehead atoms. The van der Waals surface area contributed by atoms with Crippen LogP contribution in [0, 0.1) is 6.92 Å². The van der Waals surface area contributed by atoms with Crippen LogP contribution in [0.15, 0.2) is 18.2 Å². The Labute approximate surface area is 115 Å². The van der Waals surface area contributed by atoms with Gasteiger partial charge < -0.3 is 10.1 Å². The van der Waals surface area contributed by atoms with Crippen molar-refractivity contribution in [2.24, 2.45) is 0 Å². The van der Waals surface area contributed by atoms with E-state index >= 15 is 0 Å². The molecule has 1 aromatic rings. The Morgan fingerprint density at radius 3 is 2.79 bits per heavy atom. The van der Waals surface area contributed by atoms with Crippen LogP contribution in [0.5, 0.6) is 5.75 Å². The fourth-order valence-electron chi connectivity index (χ4n) is 1.96. The van der Waals surface area contributed by atoms with Crippen molar-refractivity contribution >= 4 is 5.78 Å². The minimum atomic E-state index is 0.101. The van der Waals surface area contributed by atoms with E-state index in [0.29, 0.717) is 17.9 Å². The summed E-state index contributed by atoms with van der Waals surface area (Å²) in [5.41, 5.74) is 1.75. The van der Waals surface area contributed by atoms with Crippen molar-refractivity contribution in [1.82, 2.24) is 10.2 Å². The number of carbonyl (C=O) groups excluding carboxylic acids is 1. The first kappa shape index (κ1) is 15.7. The van der Waals surface area contributed by atoms with Crippen molar-refractivity contribution < 1.29 is 9.53 Å². The molecule has 0 amide bonds. The summed E-state index contributed by atoms with van der Waals surface area (Å²) >= 11 is 0. The monoisotopic (exact) mass is 264 g/mol. The summed E-state index contributed by atoms with van der Waals surface area (Å²) < 4.78 is 5.28. The van der Waals surface area contributed by atoms with Gasteiger partial charge in [-0.1, -0.05) is 6.07 Å². The number of benzene rings is 1. The third kappa shape index (κ3) is 5.01. The van der Waals surface area contributed by atoms with Crippen molar-refractivity contribution in [3.8, 4) is 5.75 Å². The summed E-state index contributed by atoms with van der Waals surface area (Å²) in [6.07, 6.45) is 1.03. The van der Waals surface area contributed by atoms with Crippen molar-refractivity contribution in [2.75, 3.05) is 40.8 Å². The maximum atomic E-state index is 12.2. The highest BCUT2D eigenvalue weighted by atomic mass is 16.5. The molecule has 0 unspecified atom stereocenters. The van der Waals surface area contributed by atoms with E-state index in [-0.39, 0.29) is 5.78 Å². The van der Waals surface area contributed by atoms with Gasteiger partial charge in [0.15, 0.2) is 5.78 Å². The first-order valence-electron chi connectivity index (χ1n) is 6.59. The van der Waals surface area contributed by atoms with Crippen LogP contribution < -0.4 is 10.1 Å². The molecule has 0 aromatic heterocycles. The zero-order chi connectivity index (χ0) is 14.3. The Kier molecular flexibility index (Phi) is 6.53. The van der Waals surface area contributed by atoms with E-state index < -0.39 is 0 Å². The normalized spacial score (nSPS) is 10.8. The summed E-state index contributed by atoms with van der Waals surface area (Å²) in [7, 11) is 5.50. The molecule has 0 fully saturated rings. The van der Waals surface area contributed by atoms with Crippen LogP contribution >= 0.6 is 0 Å². The average molecular weight is 264 g/mol. The van der Waals surface area contributed by atoms with Crippen LogP contribution in [-0.4, -0.2) is 51.5 Å². The Hall–Kier alpha value is -1.39. The van der Waals surface area contributed by atoms with E-state index in [1.807, 2.05) is 44.1 Å². The fourth-order valence-corrected chi connectivity index (χ4v) is 1.96. The van der Waals surface area contributed by atoms with Gasteiger partial charge >= 0.3 is 0 Å². The van der Waals surface area contributed by atoms with Gasteiger partial charge in [-0.2, -0.15) is 0 Å². The third-order valence-corrected chi connectivity index (χ3v) is 3.04. The van der Waals surface area contributed by atoms with Gasteiger partial charge in [-0.15, -0.1) is 0 Å². The van der Waals surface area contributed by atoms with Crippen LogP contribution in [0.4, 0.5) is 0 Å². The maximum Gasteiger partial charge on any atom is 0.180 e. The van der Waals surface area contributed by atoms with E-state index in [2.05, 4.69) is 5.32 Å². The van der Waals surface area contributed by atoms with E-state index in [4.69, 9.17) is 4.74 Å². The molecule has 0 saturated carbocycles. The van der Waals surface area contributed by atoms with Gasteiger partial charge in [-0.05, 0) is 58.2 Å². The molecule has 0 aliphatic carbocycles. The molecular weight excluding hydrogens is 240 g/mol. The second-order valence-corrected chi connectivity index (χ2v) is 4.82. The number of rotatable bonds is 8. The number of nitrogens with zero attached hydrogens (tertiary/aromatic N) is 1. The van der Waals surface area contributed by atoms with E-state index in [0.717, 1.165) is 25.1 Å². The highest BCUT2D eigenvalue weighted by Crippen LogP contribution is 2.20. The average Bonchev–Trinajstić information content (AvgIpc) is 2.38. The number of carbonyl (C=O) groups is 1. The number of aryl methyl sites for hydroxylation is 1. The second-order valence-electron chi connectivity index (χ2n) is 4.82. The molecule has 106 valence electrons. The molecule has 0 aliphatic heterocycles. The molecule has 1 aromatic carbocycles. The molecule has 1 rings (SSSR count). The first-order chi connectivity index (χ1) is 9.08. The minimum absolute atomic E-state index is 0.101. The lowest BCUT2D eigenvalue weighted by Gasteiger charge is -2.16. The highest BCUT2D eigenvalue weighted by molar-refractivity contribution is 6.00. The first-order valence-corrected chi connectivity index (χ1v) is 6.59. The van der Waals surface area contributed by atoms with Crippen molar-refractivity contribution in [2.45, 2.75) is 13.3 Å². The smallest absolute Gasteiger partial charge is 0.180 e. The van der Waals surface area contributed by atoms with E-state index in [1.54, 1.807) is 7.11 Å². The van der Waals surface area contributed by atoms with E-state index in [1.165, 1.54) is 0 Å². The van der Waals surface area contributed by atoms with Crippen LogP contribution in [0.1, 0.15) is 22.3 Å². The van der Waals surface area contributed by atoms with Gasteiger partial charge in [0.25, 0.3) is 0 Å². The Bertz CT molecular complexity index is 419. The molecule has 1 N–H and O–H groups in total. The quantitative estimate of drug-likeness (QED) is 0.573. The van der Waals surface area contributed by atoms with Gasteiger partial charge in [-0.25, -0.2) is 0 Å². The summed E-state index contributed by atoms with van der Waals surface area (Å²) in [6.45, 7) is 4.27. The van der Waals surface area contributed by atoms with Crippen LogP contribution in [0.25, 0.3) is 0 Å². The lowest BCUT2D eigenvalue weighted by Crippen LogP contribution is -2.28. The fraction of sp³-hybridized carbons (Fsp3) is 0.533. The highest BCUT2D eigenvalue weighted by Gasteiger charge is 2.14. The van der Waals surface area contributed by atoms with Gasteiger partial charge in [0.05, 0.1) is 19.2 Å². The largest absolute Gasteiger partial charge is 0.496 e. The van der Waals surface area contributed by atoms with E-state index in [9.17, 15) is 4.79 Å². The number of hydrogen-bond acceptors (Lipinski definition) is 4. The van der Waals surface area contributed by atoms with Gasteiger partial charge in [-0.3, -0.25) is 9.69 Å². The second kappa shape index (κ2) is 7.92. The number of likely N-dealkylation sites (N-methyl/N-ethyl adjacent to an activating group) is 1. The number of ketones is 1. The minimum Gasteiger partial charge on any atom is -0.496 e. The van der Waals surface area contributed by atoms with Crippen LogP contribution in [0.3, 0.4) is 0 Å². The molecule has 0 spiro atoms. The molecule has 0 atom stereocenters. The van der Waals surface area contributed by atoms with Crippen molar-refractivity contribution in [3.63, 3.8) is 0 Å². The molecule has 4 nitrogen and oxygen atoms in total. The zero-order valence-electron chi connectivity index (χ0n) is 12.3. The Balaban J connectivity index is 2.62. The predicted octanol–water partition coefficient (Wildman–Crippen LogP) is 1.73. The molecular formula is C15H24N2O2. The SMILES string of the molecule is CNCCCN(C)CC(=O)c1ccc(C)cc1OC. The summed E-state index contributed by atoms with van der Waals surface area (Å²) in [4.78, 5) is 14.3. The lowest BCUT2D eigenvalue weighted by atomic mass is 10.1. The molecule has 19 heavy (non-hydrogen) atoms. The number of methoxy groups -OCH3 is 1. The van der Waals surface area contributed by atoms with Gasteiger partial charge in [0.2, 0.25) is 0 Å². The number of ether oxygens (including phenoxy) is 1. The summed E-state index contributed by atoms with van der Waals surface area (Å²) in [5, 5.41) is 3.10. The molecule has 0 saturated heterocycles. The predicted molar refractivity (Wildman–Crippen MR) is 78.1 cm³/mol. The standard InChI is InChI=1S/C15H24N2O2/c1-12-6-7-13(15(10-12)19-4)14(18)11-17(3)9-5-8-16-2/h6-7,10,16H,5,8-9,11H2,1-4H3. The molecule has 0 aliphatic rings. The molecule has 0 radical (unpaired) electrons. The maximum absolute atomic E-state index is 12.2. The third-order valence-electron chi connectivity index (χ3n) is 3.04. The zero-order valence-corrected chi connectivity index (χ0v) is 12.3. The van der Waals surface area contributed by atoms with Crippen LogP contribution in [0.2, 0.25) is 0 Å². The molecule has 4 heteroatoms. The Morgan fingerprint density at radius 2 is 2.16 bits per heavy atom. The lowest BCUT2D eigenvalue weighted by molar-refractivity contribution is 0.0943. The van der Waals surface area contributed by atoms with Gasteiger partial charge in [0.1, 0.15) is 5.75 Å². The number of hydrogen-bond donors (Lipinski definition) is 1. The summed E-state index contributed by atoms with van der Waals surface area (Å²) in [6, 6.07) is 5.68. The van der Waals surface area contributed by atoms with Crippen LogP contribution in [-0.2, 0) is 0 Å². The van der Waals surface area contributed by atoms with Gasteiger partial charge in [0, 0.05) is 0 Å². The Morgan fingerprint density at radius 1 is 1.42 bits per heavy atom. The molecule has 0 heterocycles. The summed E-state index contributed by atoms with van der Waals surface area (Å²) in [5.74, 6) is 0.762. The number of Topliss-reactive ketones (excluding diaryl/α,β-unsaturated/α-hetero) is 1. The topological polar surface area (TPSA) is 41.6 Å². The van der Waals surface area contributed by atoms with Crippen molar-refractivity contribution in [1.29, 1.82) is 0 Å². The van der Waals surface area contributed by atoms with Crippen molar-refractivity contribution in [3.05, 3.63) is 29.3 Å². The number of nitrogens with one attached hydrogen (secondary N) is 1.